The Morgan fingerprint density at radius 1 is 0.345 bits per heavy atom. The quantitative estimate of drug-likeness (QED) is 0.158. The highest BCUT2D eigenvalue weighted by atomic mass is 16.3. The Morgan fingerprint density at radius 2 is 0.782 bits per heavy atom. The molecule has 0 radical (unpaired) electrons. The van der Waals surface area contributed by atoms with Crippen LogP contribution in [-0.4, -0.2) is 0 Å². The Bertz CT molecular complexity index is 3460. The molecule has 4 aliphatic rings. The van der Waals surface area contributed by atoms with E-state index < -0.39 is 10.8 Å². The third-order valence-electron chi connectivity index (χ3n) is 13.5. The van der Waals surface area contributed by atoms with Crippen molar-refractivity contribution in [3.8, 4) is 22.3 Å². The standard InChI is InChI=1S/C53H30O2/c1-29-22-23-33-41(28-29)53(37-18-8-3-13-31(37)47-40(53)25-27-45-49(47)35-16-6-11-21-43(35)55-45)50-32-14-4-9-19-38(32)52(51(33)50)36-17-7-2-12-30(36)46-39(52)24-26-44-48(46)34-15-5-10-20-42(34)54-44/h2-28H,1H3. The lowest BCUT2D eigenvalue weighted by atomic mass is 9.66. The maximum Gasteiger partial charge on any atom is 0.136 e. The van der Waals surface area contributed by atoms with Gasteiger partial charge in [-0.2, -0.15) is 0 Å². The Labute approximate surface area is 316 Å². The van der Waals surface area contributed by atoms with E-state index in [1.165, 1.54) is 94.2 Å². The van der Waals surface area contributed by atoms with E-state index in [0.29, 0.717) is 0 Å². The van der Waals surface area contributed by atoms with Gasteiger partial charge in [0.05, 0.1) is 10.8 Å². The topological polar surface area (TPSA) is 26.3 Å². The van der Waals surface area contributed by atoms with Crippen molar-refractivity contribution in [1.29, 1.82) is 0 Å². The molecular weight excluding hydrogens is 669 g/mol. The summed E-state index contributed by atoms with van der Waals surface area (Å²) in [5.41, 5.74) is 22.6. The Hall–Kier alpha value is -6.90. The summed E-state index contributed by atoms with van der Waals surface area (Å²) in [6, 6.07) is 61.2. The van der Waals surface area contributed by atoms with E-state index in [1.54, 1.807) is 0 Å². The zero-order chi connectivity index (χ0) is 35.8. The molecule has 2 unspecified atom stereocenters. The summed E-state index contributed by atoms with van der Waals surface area (Å²) in [5, 5.41) is 4.73. The highest BCUT2D eigenvalue weighted by molar-refractivity contribution is 6.24. The van der Waals surface area contributed by atoms with Crippen LogP contribution in [0.25, 0.3) is 77.3 Å². The molecule has 2 aromatic heterocycles. The van der Waals surface area contributed by atoms with Crippen molar-refractivity contribution in [2.45, 2.75) is 17.8 Å². The number of hydrogen-bond donors (Lipinski definition) is 0. The largest absolute Gasteiger partial charge is 0.456 e. The fraction of sp³-hybridized carbons (Fsp3) is 0.0566. The number of rotatable bonds is 0. The Morgan fingerprint density at radius 3 is 1.35 bits per heavy atom. The third-order valence-corrected chi connectivity index (χ3v) is 13.5. The van der Waals surface area contributed by atoms with Crippen LogP contribution in [0.5, 0.6) is 0 Å². The molecule has 2 atom stereocenters. The average molecular weight is 699 g/mol. The monoisotopic (exact) mass is 698 g/mol. The Kier molecular flexibility index (Phi) is 4.89. The molecule has 14 rings (SSSR count). The van der Waals surface area contributed by atoms with E-state index in [1.807, 2.05) is 0 Å². The van der Waals surface area contributed by atoms with Crippen LogP contribution in [0.3, 0.4) is 0 Å². The van der Waals surface area contributed by atoms with E-state index in [-0.39, 0.29) is 0 Å². The molecule has 4 aliphatic carbocycles. The molecule has 0 fully saturated rings. The molecule has 2 nitrogen and oxygen atoms in total. The molecule has 0 aliphatic heterocycles. The van der Waals surface area contributed by atoms with Crippen LogP contribution >= 0.6 is 0 Å². The van der Waals surface area contributed by atoms with Crippen LogP contribution in [0.4, 0.5) is 0 Å². The second kappa shape index (κ2) is 9.42. The van der Waals surface area contributed by atoms with Gasteiger partial charge in [0.1, 0.15) is 22.3 Å². The van der Waals surface area contributed by atoms with Crippen molar-refractivity contribution < 1.29 is 8.83 Å². The van der Waals surface area contributed by atoms with Crippen molar-refractivity contribution in [3.63, 3.8) is 0 Å². The molecule has 2 heterocycles. The van der Waals surface area contributed by atoms with E-state index in [9.17, 15) is 0 Å². The second-order valence-corrected chi connectivity index (χ2v) is 15.9. The molecule has 0 saturated carbocycles. The lowest BCUT2D eigenvalue weighted by Gasteiger charge is -2.34. The molecule has 55 heavy (non-hydrogen) atoms. The summed E-state index contributed by atoms with van der Waals surface area (Å²) in [4.78, 5) is 0. The number of furan rings is 2. The zero-order valence-corrected chi connectivity index (χ0v) is 29.9. The minimum Gasteiger partial charge on any atom is -0.456 e. The minimum atomic E-state index is -0.543. The van der Waals surface area contributed by atoms with Crippen molar-refractivity contribution in [3.05, 3.63) is 214 Å². The van der Waals surface area contributed by atoms with Crippen molar-refractivity contribution in [2.24, 2.45) is 0 Å². The molecule has 0 amide bonds. The molecule has 0 saturated heterocycles. The number of benzene rings is 8. The van der Waals surface area contributed by atoms with E-state index in [4.69, 9.17) is 8.83 Å². The van der Waals surface area contributed by atoms with Gasteiger partial charge >= 0.3 is 0 Å². The second-order valence-electron chi connectivity index (χ2n) is 15.9. The number of para-hydroxylation sites is 2. The van der Waals surface area contributed by atoms with E-state index in [0.717, 1.165) is 33.1 Å². The summed E-state index contributed by atoms with van der Waals surface area (Å²) < 4.78 is 13.1. The first-order valence-corrected chi connectivity index (χ1v) is 19.3. The van der Waals surface area contributed by atoms with Gasteiger partial charge in [-0.1, -0.05) is 145 Å². The van der Waals surface area contributed by atoms with Crippen LogP contribution in [0.1, 0.15) is 50.1 Å². The SMILES string of the molecule is Cc1ccc2c(c1)C1(C3=C2C2(c4ccccc43)c3ccccc3-c3c2ccc2oc4ccccc4c32)c2ccccc2-c2c1ccc1oc3ccccc3c21. The maximum atomic E-state index is 6.57. The fourth-order valence-electron chi connectivity index (χ4n) is 11.8. The van der Waals surface area contributed by atoms with Gasteiger partial charge in [-0.15, -0.1) is 0 Å². The third kappa shape index (κ3) is 2.99. The highest BCUT2D eigenvalue weighted by Crippen LogP contribution is 2.75. The van der Waals surface area contributed by atoms with Crippen LogP contribution in [0, 0.1) is 6.92 Å². The smallest absolute Gasteiger partial charge is 0.136 e. The number of allylic oxidation sites excluding steroid dienone is 2. The van der Waals surface area contributed by atoms with Crippen LogP contribution < -0.4 is 0 Å². The van der Waals surface area contributed by atoms with E-state index >= 15 is 0 Å². The van der Waals surface area contributed by atoms with Crippen LogP contribution in [-0.2, 0) is 10.8 Å². The predicted octanol–water partition coefficient (Wildman–Crippen LogP) is 13.4. The van der Waals surface area contributed by atoms with Gasteiger partial charge in [0, 0.05) is 21.5 Å². The first kappa shape index (κ1) is 28.6. The summed E-state index contributed by atoms with van der Waals surface area (Å²) in [6.07, 6.45) is 0. The normalized spacial score (nSPS) is 19.4. The van der Waals surface area contributed by atoms with Gasteiger partial charge < -0.3 is 8.83 Å². The highest BCUT2D eigenvalue weighted by Gasteiger charge is 2.63. The summed E-state index contributed by atoms with van der Waals surface area (Å²) in [5.74, 6) is 0. The minimum absolute atomic E-state index is 0.540. The first-order chi connectivity index (χ1) is 27.2. The molecule has 2 spiro atoms. The molecular formula is C53H30O2. The zero-order valence-electron chi connectivity index (χ0n) is 29.9. The number of hydrogen-bond acceptors (Lipinski definition) is 2. The molecule has 2 heteroatoms. The van der Waals surface area contributed by atoms with Gasteiger partial charge in [-0.25, -0.2) is 0 Å². The van der Waals surface area contributed by atoms with E-state index in [2.05, 4.69) is 171 Å². The molecule has 254 valence electrons. The van der Waals surface area contributed by atoms with Crippen LogP contribution in [0.2, 0.25) is 0 Å². The first-order valence-electron chi connectivity index (χ1n) is 19.3. The molecule has 0 bridgehead atoms. The summed E-state index contributed by atoms with van der Waals surface area (Å²) in [7, 11) is 0. The van der Waals surface area contributed by atoms with Crippen molar-refractivity contribution >= 4 is 55.0 Å². The summed E-state index contributed by atoms with van der Waals surface area (Å²) in [6.45, 7) is 2.25. The van der Waals surface area contributed by atoms with Crippen molar-refractivity contribution in [2.75, 3.05) is 0 Å². The maximum absolute atomic E-state index is 6.57. The molecule has 8 aromatic carbocycles. The number of aryl methyl sites for hydroxylation is 1. The lowest BCUT2D eigenvalue weighted by Crippen LogP contribution is -2.28. The predicted molar refractivity (Wildman–Crippen MR) is 223 cm³/mol. The Balaban J connectivity index is 1.22. The van der Waals surface area contributed by atoms with Crippen molar-refractivity contribution in [1.82, 2.24) is 0 Å². The van der Waals surface area contributed by atoms with Gasteiger partial charge in [0.15, 0.2) is 0 Å². The van der Waals surface area contributed by atoms with Gasteiger partial charge in [-0.05, 0) is 109 Å². The number of fused-ring (bicyclic) bond motifs is 26. The average Bonchev–Trinajstić information content (AvgIpc) is 4.05. The van der Waals surface area contributed by atoms with Gasteiger partial charge in [0.25, 0.3) is 0 Å². The molecule has 10 aromatic rings. The van der Waals surface area contributed by atoms with Gasteiger partial charge in [0.2, 0.25) is 0 Å². The lowest BCUT2D eigenvalue weighted by molar-refractivity contribution is 0.668. The summed E-state index contributed by atoms with van der Waals surface area (Å²) >= 11 is 0. The van der Waals surface area contributed by atoms with Crippen LogP contribution in [0.15, 0.2) is 173 Å². The van der Waals surface area contributed by atoms with Gasteiger partial charge in [-0.3, -0.25) is 0 Å². The molecule has 0 N–H and O–H groups in total. The fourth-order valence-corrected chi connectivity index (χ4v) is 11.8.